The first-order valence-electron chi connectivity index (χ1n) is 4.84. The Balaban J connectivity index is 2.04. The predicted octanol–water partition coefficient (Wildman–Crippen LogP) is 1.41. The number of nitrogens with two attached hydrogens (primary N) is 1. The molecule has 0 bridgehead atoms. The Labute approximate surface area is 106 Å². The molecule has 0 aliphatic heterocycles. The van der Waals surface area contributed by atoms with Gasteiger partial charge in [-0.15, -0.1) is 10.2 Å². The molecular formula is C10H8FN5OS. The molecule has 1 aromatic carbocycles. The van der Waals surface area contributed by atoms with Crippen LogP contribution in [0.5, 0.6) is 5.75 Å². The summed E-state index contributed by atoms with van der Waals surface area (Å²) >= 11 is 1.21. The van der Waals surface area contributed by atoms with Crippen molar-refractivity contribution in [1.82, 2.24) is 10.2 Å². The second-order valence-corrected chi connectivity index (χ2v) is 4.25. The number of hydrogen-bond donors (Lipinski definition) is 2. The first-order valence-corrected chi connectivity index (χ1v) is 5.66. The van der Waals surface area contributed by atoms with Crippen LogP contribution in [0.4, 0.5) is 9.52 Å². The van der Waals surface area contributed by atoms with E-state index in [1.807, 2.05) is 6.07 Å². The van der Waals surface area contributed by atoms with Gasteiger partial charge in [0.2, 0.25) is 5.13 Å². The average Bonchev–Trinajstić information content (AvgIpc) is 2.85. The van der Waals surface area contributed by atoms with Gasteiger partial charge >= 0.3 is 0 Å². The lowest BCUT2D eigenvalue weighted by Crippen LogP contribution is -2.05. The maximum Gasteiger partial charge on any atom is 0.219 e. The first-order chi connectivity index (χ1) is 8.72. The van der Waals surface area contributed by atoms with Crippen LogP contribution >= 0.6 is 11.3 Å². The predicted molar refractivity (Wildman–Crippen MR) is 63.2 cm³/mol. The fourth-order valence-electron chi connectivity index (χ4n) is 1.20. The number of halogens is 1. The molecule has 8 heteroatoms. The summed E-state index contributed by atoms with van der Waals surface area (Å²) < 4.78 is 18.7. The summed E-state index contributed by atoms with van der Waals surface area (Å²) in [6.07, 6.45) is 0. The van der Waals surface area contributed by atoms with Gasteiger partial charge < -0.3 is 4.74 Å². The van der Waals surface area contributed by atoms with E-state index in [-0.39, 0.29) is 17.9 Å². The number of hydrazine groups is 1. The molecule has 0 amide bonds. The third-order valence-electron chi connectivity index (χ3n) is 2.00. The Kier molecular flexibility index (Phi) is 3.66. The Bertz CT molecular complexity index is 594. The Morgan fingerprint density at radius 1 is 1.50 bits per heavy atom. The van der Waals surface area contributed by atoms with E-state index in [2.05, 4.69) is 15.6 Å². The number of nitrogens with zero attached hydrogens (tertiary/aromatic N) is 3. The molecule has 2 rings (SSSR count). The molecule has 0 atom stereocenters. The lowest BCUT2D eigenvalue weighted by atomic mass is 10.2. The first kappa shape index (κ1) is 12.2. The van der Waals surface area contributed by atoms with Crippen LogP contribution < -0.4 is 16.0 Å². The minimum absolute atomic E-state index is 0.0615. The van der Waals surface area contributed by atoms with Gasteiger partial charge in [-0.05, 0) is 18.2 Å². The number of nitrogens with one attached hydrogen (secondary N) is 1. The van der Waals surface area contributed by atoms with Gasteiger partial charge in [0, 0.05) is 0 Å². The zero-order chi connectivity index (χ0) is 13.0. The van der Waals surface area contributed by atoms with Gasteiger partial charge in [0.25, 0.3) is 0 Å². The second kappa shape index (κ2) is 5.39. The van der Waals surface area contributed by atoms with Crippen LogP contribution in [-0.2, 0) is 6.61 Å². The van der Waals surface area contributed by atoms with Crippen molar-refractivity contribution in [2.45, 2.75) is 6.61 Å². The lowest BCUT2D eigenvalue weighted by molar-refractivity contribution is 0.289. The molecule has 0 saturated heterocycles. The van der Waals surface area contributed by atoms with Crippen LogP contribution in [0.25, 0.3) is 0 Å². The van der Waals surface area contributed by atoms with Gasteiger partial charge in [-0.1, -0.05) is 11.3 Å². The minimum atomic E-state index is -0.587. The van der Waals surface area contributed by atoms with Crippen molar-refractivity contribution in [3.05, 3.63) is 34.6 Å². The number of nitriles is 1. The highest BCUT2D eigenvalue weighted by Crippen LogP contribution is 2.21. The summed E-state index contributed by atoms with van der Waals surface area (Å²) in [6, 6.07) is 5.83. The van der Waals surface area contributed by atoms with Gasteiger partial charge in [-0.2, -0.15) is 5.26 Å². The van der Waals surface area contributed by atoms with Crippen LogP contribution in [0.2, 0.25) is 0 Å². The van der Waals surface area contributed by atoms with Crippen LogP contribution in [0.1, 0.15) is 10.6 Å². The topological polar surface area (TPSA) is 96.8 Å². The normalized spacial score (nSPS) is 9.83. The molecule has 0 aliphatic carbocycles. The van der Waals surface area contributed by atoms with Gasteiger partial charge in [-0.3, -0.25) is 5.43 Å². The zero-order valence-corrected chi connectivity index (χ0v) is 9.87. The molecule has 0 spiro atoms. The van der Waals surface area contributed by atoms with Crippen LogP contribution in [0.3, 0.4) is 0 Å². The smallest absolute Gasteiger partial charge is 0.219 e. The van der Waals surface area contributed by atoms with Crippen molar-refractivity contribution in [3.8, 4) is 11.8 Å². The molecule has 2 aromatic rings. The fraction of sp³-hybridized carbons (Fsp3) is 0.100. The standard InChI is InChI=1S/C10H8FN5OS/c11-7-3-6(4-12)1-2-8(7)17-5-9-15-16-10(14-13)18-9/h1-3H,5,13H2,(H,14,16). The summed E-state index contributed by atoms with van der Waals surface area (Å²) in [5.74, 6) is 4.63. The van der Waals surface area contributed by atoms with E-state index in [1.54, 1.807) is 0 Å². The number of benzene rings is 1. The van der Waals surface area contributed by atoms with E-state index in [1.165, 1.54) is 23.5 Å². The van der Waals surface area contributed by atoms with E-state index in [0.29, 0.717) is 10.1 Å². The van der Waals surface area contributed by atoms with Crippen molar-refractivity contribution in [2.75, 3.05) is 5.43 Å². The SMILES string of the molecule is N#Cc1ccc(OCc2nnc(NN)s2)c(F)c1. The van der Waals surface area contributed by atoms with Gasteiger partial charge in [0.15, 0.2) is 16.6 Å². The van der Waals surface area contributed by atoms with Gasteiger partial charge in [0.05, 0.1) is 11.6 Å². The highest BCUT2D eigenvalue weighted by molar-refractivity contribution is 7.15. The summed E-state index contributed by atoms with van der Waals surface area (Å²) in [5.41, 5.74) is 2.59. The third-order valence-corrected chi connectivity index (χ3v) is 2.83. The molecule has 0 saturated carbocycles. The summed E-state index contributed by atoms with van der Waals surface area (Å²) in [5, 5.41) is 17.1. The Hall–Kier alpha value is -2.24. The number of aromatic nitrogens is 2. The third kappa shape index (κ3) is 2.71. The molecule has 3 N–H and O–H groups in total. The Morgan fingerprint density at radius 3 is 2.94 bits per heavy atom. The zero-order valence-electron chi connectivity index (χ0n) is 9.05. The van der Waals surface area contributed by atoms with Gasteiger partial charge in [-0.25, -0.2) is 10.2 Å². The Morgan fingerprint density at radius 2 is 2.33 bits per heavy atom. The molecule has 1 aromatic heterocycles. The summed E-state index contributed by atoms with van der Waals surface area (Å²) in [7, 11) is 0. The molecule has 18 heavy (non-hydrogen) atoms. The molecular weight excluding hydrogens is 257 g/mol. The molecule has 6 nitrogen and oxygen atoms in total. The monoisotopic (exact) mass is 265 g/mol. The molecule has 0 radical (unpaired) electrons. The fourth-order valence-corrected chi connectivity index (χ4v) is 1.76. The maximum atomic E-state index is 13.5. The molecule has 92 valence electrons. The summed E-state index contributed by atoms with van der Waals surface area (Å²) in [6.45, 7) is 0.0855. The van der Waals surface area contributed by atoms with Crippen molar-refractivity contribution in [2.24, 2.45) is 5.84 Å². The molecule has 0 fully saturated rings. The molecule has 0 unspecified atom stereocenters. The van der Waals surface area contributed by atoms with Crippen molar-refractivity contribution in [3.63, 3.8) is 0 Å². The largest absolute Gasteiger partial charge is 0.483 e. The second-order valence-electron chi connectivity index (χ2n) is 3.19. The number of nitrogen functional groups attached to an aromatic ring is 1. The van der Waals surface area contributed by atoms with Gasteiger partial charge in [0.1, 0.15) is 6.61 Å². The molecule has 0 aliphatic rings. The van der Waals surface area contributed by atoms with Crippen molar-refractivity contribution < 1.29 is 9.13 Å². The number of anilines is 1. The van der Waals surface area contributed by atoms with E-state index >= 15 is 0 Å². The van der Waals surface area contributed by atoms with Crippen LogP contribution in [0, 0.1) is 17.1 Å². The van der Waals surface area contributed by atoms with Crippen molar-refractivity contribution in [1.29, 1.82) is 5.26 Å². The van der Waals surface area contributed by atoms with E-state index in [4.69, 9.17) is 15.8 Å². The number of hydrogen-bond acceptors (Lipinski definition) is 7. The number of ether oxygens (including phenoxy) is 1. The minimum Gasteiger partial charge on any atom is -0.483 e. The highest BCUT2D eigenvalue weighted by atomic mass is 32.1. The van der Waals surface area contributed by atoms with Crippen LogP contribution in [-0.4, -0.2) is 10.2 Å². The lowest BCUT2D eigenvalue weighted by Gasteiger charge is -2.04. The average molecular weight is 265 g/mol. The van der Waals surface area contributed by atoms with Crippen LogP contribution in [0.15, 0.2) is 18.2 Å². The van der Waals surface area contributed by atoms with E-state index < -0.39 is 5.82 Å². The van der Waals surface area contributed by atoms with E-state index in [9.17, 15) is 4.39 Å². The summed E-state index contributed by atoms with van der Waals surface area (Å²) in [4.78, 5) is 0. The number of rotatable bonds is 4. The van der Waals surface area contributed by atoms with Crippen molar-refractivity contribution >= 4 is 16.5 Å². The quantitative estimate of drug-likeness (QED) is 0.641. The maximum absolute atomic E-state index is 13.5. The van der Waals surface area contributed by atoms with E-state index in [0.717, 1.165) is 6.07 Å². The molecule has 1 heterocycles. The highest BCUT2D eigenvalue weighted by Gasteiger charge is 2.07.